The number of carbonyl (C=O) groups excluding carboxylic acids is 2. The molecule has 4 rings (SSSR count). The molecule has 2 N–H and O–H groups in total. The van der Waals surface area contributed by atoms with Crippen LogP contribution in [-0.4, -0.2) is 57.8 Å². The number of esters is 2. The Hall–Kier alpha value is -1.18. The highest BCUT2D eigenvalue weighted by atomic mass is 16.6. The summed E-state index contributed by atoms with van der Waals surface area (Å²) < 4.78 is 17.7. The zero-order valence-electron chi connectivity index (χ0n) is 16.4. The Kier molecular flexibility index (Phi) is 4.19. The highest BCUT2D eigenvalue weighted by Crippen LogP contribution is 2.65. The van der Waals surface area contributed by atoms with Crippen LogP contribution in [0.1, 0.15) is 53.4 Å². The van der Waals surface area contributed by atoms with Crippen LogP contribution >= 0.6 is 0 Å². The Morgan fingerprint density at radius 1 is 1.41 bits per heavy atom. The van der Waals surface area contributed by atoms with Gasteiger partial charge in [-0.05, 0) is 32.1 Å². The summed E-state index contributed by atoms with van der Waals surface area (Å²) in [4.78, 5) is 25.0. The molecule has 0 amide bonds. The molecule has 2 aliphatic heterocycles. The topological polar surface area (TPSA) is 102 Å². The number of rotatable bonds is 4. The van der Waals surface area contributed by atoms with E-state index >= 15 is 0 Å². The summed E-state index contributed by atoms with van der Waals surface area (Å²) in [7, 11) is 0. The molecule has 9 unspecified atom stereocenters. The molecule has 1 spiro atoms. The lowest BCUT2D eigenvalue weighted by Gasteiger charge is -2.43. The maximum atomic E-state index is 12.6. The van der Waals surface area contributed by atoms with Gasteiger partial charge in [-0.3, -0.25) is 4.79 Å². The summed E-state index contributed by atoms with van der Waals surface area (Å²) in [6.07, 6.45) is 1.15. The van der Waals surface area contributed by atoms with E-state index in [4.69, 9.17) is 14.2 Å². The molecule has 7 heteroatoms. The van der Waals surface area contributed by atoms with Gasteiger partial charge in [0.2, 0.25) is 0 Å². The fourth-order valence-electron chi connectivity index (χ4n) is 6.08. The summed E-state index contributed by atoms with van der Waals surface area (Å²) in [6, 6.07) is 0. The number of carbonyl (C=O) groups is 2. The van der Waals surface area contributed by atoms with Crippen LogP contribution in [0.2, 0.25) is 0 Å². The van der Waals surface area contributed by atoms with Gasteiger partial charge in [-0.25, -0.2) is 4.79 Å². The van der Waals surface area contributed by atoms with Crippen molar-refractivity contribution in [3.63, 3.8) is 0 Å². The number of hydrogen-bond donors (Lipinski definition) is 2. The molecule has 0 aromatic heterocycles. The summed E-state index contributed by atoms with van der Waals surface area (Å²) in [5.41, 5.74) is -3.72. The Morgan fingerprint density at radius 3 is 2.74 bits per heavy atom. The second-order valence-electron chi connectivity index (χ2n) is 9.29. The van der Waals surface area contributed by atoms with Crippen molar-refractivity contribution >= 4 is 11.9 Å². The van der Waals surface area contributed by atoms with Gasteiger partial charge in [0, 0.05) is 18.3 Å². The van der Waals surface area contributed by atoms with Crippen molar-refractivity contribution in [2.75, 3.05) is 6.61 Å². The molecule has 152 valence electrons. The van der Waals surface area contributed by atoms with E-state index in [0.29, 0.717) is 19.3 Å². The van der Waals surface area contributed by atoms with Crippen LogP contribution in [-0.2, 0) is 23.8 Å². The predicted molar refractivity (Wildman–Crippen MR) is 93.5 cm³/mol. The number of hydrogen-bond acceptors (Lipinski definition) is 7. The minimum Gasteiger partial charge on any atom is -0.462 e. The van der Waals surface area contributed by atoms with Gasteiger partial charge in [0.1, 0.15) is 17.8 Å². The van der Waals surface area contributed by atoms with Crippen molar-refractivity contribution in [1.82, 2.24) is 0 Å². The molecule has 4 fully saturated rings. The normalized spacial score (nSPS) is 51.5. The van der Waals surface area contributed by atoms with Crippen molar-refractivity contribution in [3.8, 4) is 0 Å². The maximum Gasteiger partial charge on any atom is 0.341 e. The fourth-order valence-corrected chi connectivity index (χ4v) is 6.08. The van der Waals surface area contributed by atoms with E-state index in [2.05, 4.69) is 0 Å². The average Bonchev–Trinajstić information content (AvgIpc) is 3.12. The van der Waals surface area contributed by atoms with E-state index in [9.17, 15) is 19.8 Å². The molecule has 9 atom stereocenters. The number of ether oxygens (including phenoxy) is 3. The zero-order chi connectivity index (χ0) is 19.8. The zero-order valence-corrected chi connectivity index (χ0v) is 16.4. The van der Waals surface area contributed by atoms with Crippen LogP contribution in [0.4, 0.5) is 0 Å². The smallest absolute Gasteiger partial charge is 0.341 e. The third-order valence-electron chi connectivity index (χ3n) is 7.72. The first-order valence-corrected chi connectivity index (χ1v) is 10.1. The molecular weight excluding hydrogens is 352 g/mol. The second-order valence-corrected chi connectivity index (χ2v) is 9.29. The molecule has 2 aliphatic carbocycles. The van der Waals surface area contributed by atoms with E-state index in [1.54, 1.807) is 6.92 Å². The van der Waals surface area contributed by atoms with Gasteiger partial charge in [0.15, 0.2) is 5.60 Å². The molecule has 0 radical (unpaired) electrons. The van der Waals surface area contributed by atoms with Gasteiger partial charge >= 0.3 is 11.9 Å². The lowest BCUT2D eigenvalue weighted by molar-refractivity contribution is -0.220. The fraction of sp³-hybridized carbons (Fsp3) is 0.900. The van der Waals surface area contributed by atoms with E-state index in [1.807, 2.05) is 20.8 Å². The van der Waals surface area contributed by atoms with Crippen LogP contribution < -0.4 is 0 Å². The molecular formula is C20H30O7. The second kappa shape index (κ2) is 5.91. The molecule has 2 bridgehead atoms. The Balaban J connectivity index is 1.74. The van der Waals surface area contributed by atoms with Crippen LogP contribution in [0, 0.1) is 23.7 Å². The van der Waals surface area contributed by atoms with Gasteiger partial charge in [-0.15, -0.1) is 0 Å². The SMILES string of the molecule is CCC(C)C(=O)OC1CC(C)(O)C23CC4C(CC(C)C12)OC(=O)C4(CO)O3. The van der Waals surface area contributed by atoms with Crippen molar-refractivity contribution in [2.45, 2.75) is 82.4 Å². The monoisotopic (exact) mass is 382 g/mol. The van der Waals surface area contributed by atoms with Crippen molar-refractivity contribution in [1.29, 1.82) is 0 Å². The highest BCUT2D eigenvalue weighted by molar-refractivity contribution is 5.83. The van der Waals surface area contributed by atoms with Crippen LogP contribution in [0.5, 0.6) is 0 Å². The quantitative estimate of drug-likeness (QED) is 0.704. The van der Waals surface area contributed by atoms with E-state index in [0.717, 1.165) is 0 Å². The van der Waals surface area contributed by atoms with Crippen LogP contribution in [0.25, 0.3) is 0 Å². The van der Waals surface area contributed by atoms with E-state index < -0.39 is 35.5 Å². The summed E-state index contributed by atoms with van der Waals surface area (Å²) in [5.74, 6) is -1.54. The minimum absolute atomic E-state index is 0.0336. The molecule has 2 saturated carbocycles. The summed E-state index contributed by atoms with van der Waals surface area (Å²) in [5, 5.41) is 21.4. The number of aliphatic hydroxyl groups is 2. The van der Waals surface area contributed by atoms with Crippen LogP contribution in [0.3, 0.4) is 0 Å². The molecule has 7 nitrogen and oxygen atoms in total. The van der Waals surface area contributed by atoms with Gasteiger partial charge in [-0.2, -0.15) is 0 Å². The van der Waals surface area contributed by atoms with E-state index in [-0.39, 0.29) is 42.2 Å². The van der Waals surface area contributed by atoms with Gasteiger partial charge in [0.05, 0.1) is 18.1 Å². The maximum absolute atomic E-state index is 12.6. The van der Waals surface area contributed by atoms with Gasteiger partial charge < -0.3 is 24.4 Å². The third kappa shape index (κ3) is 2.31. The minimum atomic E-state index is -1.41. The summed E-state index contributed by atoms with van der Waals surface area (Å²) in [6.45, 7) is 7.03. The van der Waals surface area contributed by atoms with E-state index in [1.165, 1.54) is 0 Å². The Labute approximate surface area is 159 Å². The molecule has 4 aliphatic rings. The molecule has 0 aromatic rings. The largest absolute Gasteiger partial charge is 0.462 e. The van der Waals surface area contributed by atoms with Gasteiger partial charge in [-0.1, -0.05) is 20.8 Å². The molecule has 2 heterocycles. The molecule has 0 aromatic carbocycles. The Morgan fingerprint density at radius 2 is 2.11 bits per heavy atom. The van der Waals surface area contributed by atoms with Crippen LogP contribution in [0.15, 0.2) is 0 Å². The lowest BCUT2D eigenvalue weighted by atomic mass is 9.74. The van der Waals surface area contributed by atoms with Crippen molar-refractivity contribution in [2.24, 2.45) is 23.7 Å². The number of aliphatic hydroxyl groups excluding tert-OH is 1. The van der Waals surface area contributed by atoms with Crippen molar-refractivity contribution in [3.05, 3.63) is 0 Å². The lowest BCUT2D eigenvalue weighted by Crippen LogP contribution is -2.56. The molecule has 27 heavy (non-hydrogen) atoms. The standard InChI is InChI=1S/C20H30O7/c1-5-10(2)16(22)25-14-8-18(4,24)20-7-12-13(6-11(3)15(14)20)26-17(23)19(12,9-21)27-20/h10-15,21,24H,5-9H2,1-4H3. The Bertz CT molecular complexity index is 661. The first-order chi connectivity index (χ1) is 12.6. The third-order valence-corrected chi connectivity index (χ3v) is 7.72. The summed E-state index contributed by atoms with van der Waals surface area (Å²) >= 11 is 0. The van der Waals surface area contributed by atoms with Crippen molar-refractivity contribution < 1.29 is 34.0 Å². The molecule has 2 saturated heterocycles. The highest BCUT2D eigenvalue weighted by Gasteiger charge is 2.78. The average molecular weight is 382 g/mol. The predicted octanol–water partition coefficient (Wildman–Crippen LogP) is 1.19. The van der Waals surface area contributed by atoms with Gasteiger partial charge in [0.25, 0.3) is 0 Å². The first kappa shape index (κ1) is 19.2. The first-order valence-electron chi connectivity index (χ1n) is 10.1.